The van der Waals surface area contributed by atoms with Crippen LogP contribution in [0, 0.1) is 6.92 Å². The number of rotatable bonds is 4. The van der Waals surface area contributed by atoms with E-state index in [4.69, 9.17) is 4.52 Å². The smallest absolute Gasteiger partial charge is 0.731 e. The van der Waals surface area contributed by atoms with Crippen molar-refractivity contribution >= 4 is 22.1 Å². The Morgan fingerprint density at radius 1 is 1.36 bits per heavy atom. The second kappa shape index (κ2) is 7.66. The summed E-state index contributed by atoms with van der Waals surface area (Å²) in [5, 5.41) is 6.24. The van der Waals surface area contributed by atoms with Gasteiger partial charge in [-0.1, -0.05) is 35.5 Å². The number of amides is 2. The first-order valence-electron chi connectivity index (χ1n) is 6.89. The van der Waals surface area contributed by atoms with Crippen molar-refractivity contribution in [1.29, 1.82) is 0 Å². The van der Waals surface area contributed by atoms with E-state index in [2.05, 4.69) is 10.5 Å². The molecule has 1 saturated heterocycles. The maximum atomic E-state index is 12.4. The molecular weight excluding hydrogens is 377 g/mol. The maximum Gasteiger partial charge on any atom is 1.00 e. The van der Waals surface area contributed by atoms with E-state index >= 15 is 0 Å². The largest absolute Gasteiger partial charge is 1.00 e. The van der Waals surface area contributed by atoms with Crippen LogP contribution in [0.1, 0.15) is 16.1 Å². The van der Waals surface area contributed by atoms with Crippen molar-refractivity contribution in [3.63, 3.8) is 0 Å². The first-order valence-corrected chi connectivity index (χ1v) is 8.25. The number of aromatic nitrogens is 1. The van der Waals surface area contributed by atoms with Crippen LogP contribution in [0.25, 0.3) is 11.3 Å². The van der Waals surface area contributed by atoms with E-state index in [0.29, 0.717) is 11.3 Å². The summed E-state index contributed by atoms with van der Waals surface area (Å²) >= 11 is 0. The van der Waals surface area contributed by atoms with Crippen LogP contribution in [0.5, 0.6) is 0 Å². The van der Waals surface area contributed by atoms with E-state index in [-0.39, 0.29) is 73.6 Å². The summed E-state index contributed by atoms with van der Waals surface area (Å²) in [7, 11) is -4.85. The standard InChI is InChI=1S/C14H13N3O6S.K/c1-8-11(12(16-23-8)9-5-3-2-4-6-9)13(18)15-10-7-17(14(10)19)24(20,21)22;/h2-6,10H,7H2,1H3,(H,15,18)(H,20,21,22);/q;+1/p-1/t10-;/m0./s1. The Morgan fingerprint density at radius 2 is 2.00 bits per heavy atom. The Morgan fingerprint density at radius 3 is 2.56 bits per heavy atom. The van der Waals surface area contributed by atoms with Crippen LogP contribution in [0.3, 0.4) is 0 Å². The molecule has 9 nitrogen and oxygen atoms in total. The van der Waals surface area contributed by atoms with Gasteiger partial charge in [-0.25, -0.2) is 12.7 Å². The van der Waals surface area contributed by atoms with Crippen LogP contribution in [0.15, 0.2) is 34.9 Å². The predicted octanol–water partition coefficient (Wildman–Crippen LogP) is -2.95. The molecule has 0 unspecified atom stereocenters. The fourth-order valence-electron chi connectivity index (χ4n) is 2.37. The van der Waals surface area contributed by atoms with Gasteiger partial charge in [-0.05, 0) is 6.92 Å². The normalized spacial score (nSPS) is 16.8. The van der Waals surface area contributed by atoms with Gasteiger partial charge in [0, 0.05) is 5.56 Å². The quantitative estimate of drug-likeness (QED) is 0.336. The van der Waals surface area contributed by atoms with Crippen LogP contribution in [-0.4, -0.2) is 46.8 Å². The molecule has 11 heteroatoms. The average molecular weight is 389 g/mol. The zero-order valence-electron chi connectivity index (χ0n) is 13.4. The minimum absolute atomic E-state index is 0. The van der Waals surface area contributed by atoms with Crippen molar-refractivity contribution < 1.29 is 78.5 Å². The fraction of sp³-hybridized carbons (Fsp3) is 0.214. The molecule has 1 atom stereocenters. The minimum atomic E-state index is -4.85. The van der Waals surface area contributed by atoms with E-state index in [1.807, 2.05) is 0 Å². The second-order valence-corrected chi connectivity index (χ2v) is 6.48. The molecule has 0 radical (unpaired) electrons. The summed E-state index contributed by atoms with van der Waals surface area (Å²) in [6.45, 7) is 1.16. The molecule has 126 valence electrons. The van der Waals surface area contributed by atoms with Gasteiger partial charge >= 0.3 is 51.4 Å². The van der Waals surface area contributed by atoms with Crippen molar-refractivity contribution in [2.24, 2.45) is 0 Å². The van der Waals surface area contributed by atoms with Crippen molar-refractivity contribution in [1.82, 2.24) is 14.8 Å². The molecule has 0 spiro atoms. The van der Waals surface area contributed by atoms with E-state index < -0.39 is 28.2 Å². The monoisotopic (exact) mass is 389 g/mol. The second-order valence-electron chi connectivity index (χ2n) is 5.18. The molecule has 1 aromatic heterocycles. The first kappa shape index (κ1) is 20.2. The Bertz CT molecular complexity index is 912. The summed E-state index contributed by atoms with van der Waals surface area (Å²) in [4.78, 5) is 24.1. The van der Waals surface area contributed by atoms with Crippen LogP contribution in [0.4, 0.5) is 0 Å². The summed E-state index contributed by atoms with van der Waals surface area (Å²) in [5.41, 5.74) is 1.12. The van der Waals surface area contributed by atoms with Gasteiger partial charge in [0.2, 0.25) is 0 Å². The van der Waals surface area contributed by atoms with E-state index in [1.54, 1.807) is 37.3 Å². The van der Waals surface area contributed by atoms with Crippen LogP contribution >= 0.6 is 0 Å². The number of nitrogens with zero attached hydrogens (tertiary/aromatic N) is 2. The Balaban J connectivity index is 0.00000225. The number of carbonyl (C=O) groups is 2. The Hall–Kier alpha value is -1.08. The summed E-state index contributed by atoms with van der Waals surface area (Å²) in [5.74, 6) is -1.34. The van der Waals surface area contributed by atoms with Crippen molar-refractivity contribution in [3.8, 4) is 11.3 Å². The third-order valence-electron chi connectivity index (χ3n) is 3.60. The molecule has 3 rings (SSSR count). The molecule has 0 bridgehead atoms. The minimum Gasteiger partial charge on any atom is -0.731 e. The number of carbonyl (C=O) groups excluding carboxylic acids is 2. The van der Waals surface area contributed by atoms with Crippen molar-refractivity contribution in [2.75, 3.05) is 6.54 Å². The number of β-lactam (4-membered cyclic amide) rings is 1. The zero-order chi connectivity index (χ0) is 17.5. The van der Waals surface area contributed by atoms with Crippen LogP contribution < -0.4 is 56.7 Å². The van der Waals surface area contributed by atoms with Gasteiger partial charge in [0.15, 0.2) is 10.3 Å². The van der Waals surface area contributed by atoms with Crippen molar-refractivity contribution in [3.05, 3.63) is 41.7 Å². The number of hydrogen-bond acceptors (Lipinski definition) is 7. The van der Waals surface area contributed by atoms with Gasteiger partial charge in [0.1, 0.15) is 23.1 Å². The molecule has 0 saturated carbocycles. The molecule has 25 heavy (non-hydrogen) atoms. The molecule has 1 N–H and O–H groups in total. The molecule has 2 heterocycles. The first-order chi connectivity index (χ1) is 11.3. The predicted molar refractivity (Wildman–Crippen MR) is 79.3 cm³/mol. The van der Waals surface area contributed by atoms with Gasteiger partial charge in [0.25, 0.3) is 11.8 Å². The number of hydrogen-bond donors (Lipinski definition) is 1. The van der Waals surface area contributed by atoms with Gasteiger partial charge in [-0.2, -0.15) is 0 Å². The van der Waals surface area contributed by atoms with Gasteiger partial charge in [-0.3, -0.25) is 9.59 Å². The van der Waals surface area contributed by atoms with Gasteiger partial charge < -0.3 is 14.4 Å². The fourth-order valence-corrected chi connectivity index (χ4v) is 3.05. The molecule has 2 aromatic rings. The summed E-state index contributed by atoms with van der Waals surface area (Å²) in [6, 6.07) is 7.77. The summed E-state index contributed by atoms with van der Waals surface area (Å²) < 4.78 is 37.6. The third kappa shape index (κ3) is 4.02. The molecular formula is C14H12KN3O6S. The molecule has 2 amide bonds. The number of benzene rings is 1. The SMILES string of the molecule is Cc1onc(-c2ccccc2)c1C(=O)N[C@H]1CN(S(=O)(=O)[O-])C1=O.[K+]. The molecule has 0 aliphatic carbocycles. The van der Waals surface area contributed by atoms with Crippen LogP contribution in [0.2, 0.25) is 0 Å². The molecule has 1 fully saturated rings. The topological polar surface area (TPSA) is 133 Å². The van der Waals surface area contributed by atoms with Crippen molar-refractivity contribution in [2.45, 2.75) is 13.0 Å². The zero-order valence-corrected chi connectivity index (χ0v) is 17.4. The third-order valence-corrected chi connectivity index (χ3v) is 4.47. The van der Waals surface area contributed by atoms with Gasteiger partial charge in [0.05, 0.1) is 6.54 Å². The number of nitrogens with one attached hydrogen (secondary N) is 1. The number of aryl methyl sites for hydroxylation is 1. The average Bonchev–Trinajstić information content (AvgIpc) is 2.92. The maximum absolute atomic E-state index is 12.4. The van der Waals surface area contributed by atoms with E-state index in [9.17, 15) is 22.6 Å². The van der Waals surface area contributed by atoms with E-state index in [1.165, 1.54) is 0 Å². The van der Waals surface area contributed by atoms with E-state index in [0.717, 1.165) is 0 Å². The molecule has 1 aliphatic rings. The molecule has 1 aromatic carbocycles. The summed E-state index contributed by atoms with van der Waals surface area (Å²) in [6.07, 6.45) is 0. The Labute approximate surface area is 186 Å². The van der Waals surface area contributed by atoms with Crippen LogP contribution in [-0.2, 0) is 15.1 Å². The van der Waals surface area contributed by atoms with Gasteiger partial charge in [-0.15, -0.1) is 0 Å². The Kier molecular flexibility index (Phi) is 6.20. The molecule has 1 aliphatic heterocycles.